The average molecular weight is 469 g/mol. The van der Waals surface area contributed by atoms with Gasteiger partial charge in [0.1, 0.15) is 4.21 Å². The summed E-state index contributed by atoms with van der Waals surface area (Å²) in [6.45, 7) is 0.444. The second-order valence-corrected chi connectivity index (χ2v) is 10.6. The number of thiophene rings is 1. The first kappa shape index (κ1) is 20.2. The lowest BCUT2D eigenvalue weighted by Crippen LogP contribution is -2.36. The minimum Gasteiger partial charge on any atom is -0.290 e. The van der Waals surface area contributed by atoms with E-state index in [9.17, 15) is 13.2 Å². The van der Waals surface area contributed by atoms with Gasteiger partial charge in [-0.3, -0.25) is 10.1 Å². The molecule has 0 spiro atoms. The van der Waals surface area contributed by atoms with Crippen molar-refractivity contribution in [3.8, 4) is 0 Å². The number of amides is 1. The lowest BCUT2D eigenvalue weighted by Gasteiger charge is -2.26. The van der Waals surface area contributed by atoms with E-state index in [0.29, 0.717) is 32.6 Å². The predicted molar refractivity (Wildman–Crippen MR) is 112 cm³/mol. The zero-order valence-corrected chi connectivity index (χ0v) is 17.9. The van der Waals surface area contributed by atoms with Gasteiger partial charge in [-0.1, -0.05) is 29.3 Å². The predicted octanol–water partition coefficient (Wildman–Crippen LogP) is 3.84. The summed E-state index contributed by atoms with van der Waals surface area (Å²) < 4.78 is 27.6. The number of hydrogen-bond acceptors (Lipinski definition) is 6. The van der Waals surface area contributed by atoms with E-state index in [-0.39, 0.29) is 29.2 Å². The number of aromatic nitrogens is 2. The lowest BCUT2D eigenvalue weighted by atomic mass is 10.1. The van der Waals surface area contributed by atoms with E-state index in [1.165, 1.54) is 10.4 Å². The SMILES string of the molecule is O=C(Nc1ncc2c(n1)CCN(S(=O)(=O)c1ccc(Cl)s1)C2)c1cccc(Cl)c1. The molecule has 3 heterocycles. The van der Waals surface area contributed by atoms with E-state index in [4.69, 9.17) is 23.2 Å². The average Bonchev–Trinajstić information content (AvgIpc) is 3.14. The molecule has 1 aliphatic rings. The van der Waals surface area contributed by atoms with Crippen molar-refractivity contribution in [3.05, 3.63) is 68.8 Å². The zero-order valence-electron chi connectivity index (χ0n) is 14.8. The first-order valence-electron chi connectivity index (χ1n) is 8.50. The summed E-state index contributed by atoms with van der Waals surface area (Å²) in [7, 11) is -3.62. The third-order valence-corrected chi connectivity index (χ3v) is 8.13. The maximum absolute atomic E-state index is 12.8. The molecule has 0 saturated heterocycles. The maximum Gasteiger partial charge on any atom is 0.258 e. The maximum atomic E-state index is 12.8. The van der Waals surface area contributed by atoms with Gasteiger partial charge in [-0.15, -0.1) is 11.3 Å². The quantitative estimate of drug-likeness (QED) is 0.627. The van der Waals surface area contributed by atoms with E-state index < -0.39 is 10.0 Å². The van der Waals surface area contributed by atoms with Crippen LogP contribution in [0.15, 0.2) is 46.8 Å². The van der Waals surface area contributed by atoms with Gasteiger partial charge in [0, 0.05) is 41.9 Å². The number of fused-ring (bicyclic) bond motifs is 1. The molecule has 1 aliphatic heterocycles. The minimum atomic E-state index is -3.62. The molecule has 11 heteroatoms. The number of rotatable bonds is 4. The molecular formula is C18H14Cl2N4O3S2. The summed E-state index contributed by atoms with van der Waals surface area (Å²) in [4.78, 5) is 20.9. The number of halogens is 2. The third-order valence-electron chi connectivity index (χ3n) is 4.35. The van der Waals surface area contributed by atoms with Gasteiger partial charge in [-0.2, -0.15) is 4.31 Å². The Morgan fingerprint density at radius 1 is 1.21 bits per heavy atom. The summed E-state index contributed by atoms with van der Waals surface area (Å²) in [6, 6.07) is 9.62. The van der Waals surface area contributed by atoms with Crippen LogP contribution in [0, 0.1) is 0 Å². The van der Waals surface area contributed by atoms with E-state index in [0.717, 1.165) is 11.3 Å². The fourth-order valence-electron chi connectivity index (χ4n) is 2.92. The monoisotopic (exact) mass is 468 g/mol. The Hall–Kier alpha value is -2.04. The van der Waals surface area contributed by atoms with E-state index in [2.05, 4.69) is 15.3 Å². The fourth-order valence-corrected chi connectivity index (χ4v) is 6.17. The first-order chi connectivity index (χ1) is 13.8. The van der Waals surface area contributed by atoms with Gasteiger partial charge >= 0.3 is 0 Å². The second-order valence-electron chi connectivity index (χ2n) is 6.28. The topological polar surface area (TPSA) is 92.3 Å². The number of carbonyl (C=O) groups excluding carboxylic acids is 1. The van der Waals surface area contributed by atoms with Crippen molar-refractivity contribution in [3.63, 3.8) is 0 Å². The molecule has 0 radical (unpaired) electrons. The van der Waals surface area contributed by atoms with E-state index in [1.807, 2.05) is 0 Å². The molecular weight excluding hydrogens is 455 g/mol. The molecule has 0 atom stereocenters. The summed E-state index contributed by atoms with van der Waals surface area (Å²) >= 11 is 12.8. The lowest BCUT2D eigenvalue weighted by molar-refractivity contribution is 0.102. The number of nitrogens with zero attached hydrogens (tertiary/aromatic N) is 3. The van der Waals surface area contributed by atoms with Crippen LogP contribution in [0.3, 0.4) is 0 Å². The number of sulfonamides is 1. The second kappa shape index (κ2) is 8.00. The van der Waals surface area contributed by atoms with Crippen LogP contribution in [0.4, 0.5) is 5.95 Å². The van der Waals surface area contributed by atoms with Crippen molar-refractivity contribution in [2.24, 2.45) is 0 Å². The van der Waals surface area contributed by atoms with Crippen molar-refractivity contribution in [2.75, 3.05) is 11.9 Å². The van der Waals surface area contributed by atoms with Crippen LogP contribution in [0.1, 0.15) is 21.6 Å². The molecule has 0 unspecified atom stereocenters. The minimum absolute atomic E-state index is 0.162. The molecule has 7 nitrogen and oxygen atoms in total. The van der Waals surface area contributed by atoms with Gasteiger partial charge < -0.3 is 0 Å². The van der Waals surface area contributed by atoms with Crippen LogP contribution in [0.25, 0.3) is 0 Å². The molecule has 0 saturated carbocycles. The molecule has 0 aliphatic carbocycles. The smallest absolute Gasteiger partial charge is 0.258 e. The molecule has 3 aromatic rings. The number of benzene rings is 1. The van der Waals surface area contributed by atoms with Crippen molar-refractivity contribution >= 4 is 56.4 Å². The van der Waals surface area contributed by atoms with Gasteiger partial charge in [0.25, 0.3) is 15.9 Å². The molecule has 29 heavy (non-hydrogen) atoms. The van der Waals surface area contributed by atoms with Crippen molar-refractivity contribution in [1.82, 2.24) is 14.3 Å². The largest absolute Gasteiger partial charge is 0.290 e. The molecule has 1 amide bonds. The standard InChI is InChI=1S/C18H14Cl2N4O3S2/c19-13-3-1-2-11(8-13)17(25)23-18-21-9-12-10-24(7-6-14(12)22-18)29(26,27)16-5-4-15(20)28-16/h1-5,8-9H,6-7,10H2,(H,21,22,23,25). The van der Waals surface area contributed by atoms with Gasteiger partial charge in [0.2, 0.25) is 5.95 Å². The number of hydrogen-bond donors (Lipinski definition) is 1. The summed E-state index contributed by atoms with van der Waals surface area (Å²) in [5, 5.41) is 3.10. The van der Waals surface area contributed by atoms with Crippen molar-refractivity contribution in [1.29, 1.82) is 0 Å². The summed E-state index contributed by atoms with van der Waals surface area (Å²) in [6.07, 6.45) is 1.95. The van der Waals surface area contributed by atoms with Crippen LogP contribution < -0.4 is 5.32 Å². The van der Waals surface area contributed by atoms with Gasteiger partial charge in [0.05, 0.1) is 10.0 Å². The van der Waals surface area contributed by atoms with Gasteiger partial charge in [-0.25, -0.2) is 18.4 Å². The zero-order chi connectivity index (χ0) is 20.6. The molecule has 1 aromatic carbocycles. The van der Waals surface area contributed by atoms with E-state index in [1.54, 1.807) is 36.5 Å². The summed E-state index contributed by atoms with van der Waals surface area (Å²) in [5.74, 6) is -0.211. The Labute approximate surface area is 181 Å². The van der Waals surface area contributed by atoms with Crippen LogP contribution >= 0.6 is 34.5 Å². The number of nitrogens with one attached hydrogen (secondary N) is 1. The molecule has 4 rings (SSSR count). The number of carbonyl (C=O) groups is 1. The highest BCUT2D eigenvalue weighted by atomic mass is 35.5. The Balaban J connectivity index is 1.51. The van der Waals surface area contributed by atoms with Crippen LogP contribution in [0.2, 0.25) is 9.36 Å². The third kappa shape index (κ3) is 4.29. The van der Waals surface area contributed by atoms with Gasteiger partial charge in [-0.05, 0) is 30.3 Å². The Morgan fingerprint density at radius 3 is 2.76 bits per heavy atom. The molecule has 2 aromatic heterocycles. The normalized spacial score (nSPS) is 14.4. The molecule has 1 N–H and O–H groups in total. The van der Waals surface area contributed by atoms with Crippen molar-refractivity contribution < 1.29 is 13.2 Å². The van der Waals surface area contributed by atoms with Gasteiger partial charge in [0.15, 0.2) is 0 Å². The Bertz CT molecular complexity index is 1200. The first-order valence-corrected chi connectivity index (χ1v) is 11.5. The Kier molecular flexibility index (Phi) is 5.58. The highest BCUT2D eigenvalue weighted by molar-refractivity contribution is 7.91. The van der Waals surface area contributed by atoms with Crippen LogP contribution in [-0.4, -0.2) is 35.1 Å². The highest BCUT2D eigenvalue weighted by Gasteiger charge is 2.30. The van der Waals surface area contributed by atoms with Crippen LogP contribution in [-0.2, 0) is 23.0 Å². The Morgan fingerprint density at radius 2 is 2.03 bits per heavy atom. The van der Waals surface area contributed by atoms with E-state index >= 15 is 0 Å². The van der Waals surface area contributed by atoms with Crippen molar-refractivity contribution in [2.45, 2.75) is 17.2 Å². The molecule has 150 valence electrons. The molecule has 0 bridgehead atoms. The van der Waals surface area contributed by atoms with Crippen LogP contribution in [0.5, 0.6) is 0 Å². The number of anilines is 1. The molecule has 0 fully saturated rings. The fraction of sp³-hybridized carbons (Fsp3) is 0.167. The highest BCUT2D eigenvalue weighted by Crippen LogP contribution is 2.30. The summed E-state index contributed by atoms with van der Waals surface area (Å²) in [5.41, 5.74) is 1.80.